The van der Waals surface area contributed by atoms with Gasteiger partial charge in [0.1, 0.15) is 0 Å². The zero-order valence-corrected chi connectivity index (χ0v) is 16.6. The number of sulfonamides is 1. The number of hydrogen-bond acceptors (Lipinski definition) is 4. The second kappa shape index (κ2) is 9.64. The zero-order chi connectivity index (χ0) is 19.0. The molecule has 0 unspecified atom stereocenters. The number of thioether (sulfide) groups is 1. The normalized spacial score (nSPS) is 11.2. The van der Waals surface area contributed by atoms with Gasteiger partial charge in [0.15, 0.2) is 0 Å². The largest absolute Gasteiger partial charge is 0.351 e. The van der Waals surface area contributed by atoms with Crippen LogP contribution in [0.3, 0.4) is 0 Å². The lowest BCUT2D eigenvalue weighted by molar-refractivity contribution is 0.0956. The van der Waals surface area contributed by atoms with Crippen molar-refractivity contribution in [3.8, 4) is 0 Å². The molecule has 2 rings (SSSR count). The molecular formula is C19H24N2O3S2. The smallest absolute Gasteiger partial charge is 0.251 e. The molecule has 2 aromatic rings. The van der Waals surface area contributed by atoms with E-state index in [1.54, 1.807) is 43.0 Å². The molecule has 1 amide bonds. The van der Waals surface area contributed by atoms with Crippen LogP contribution in [-0.4, -0.2) is 39.4 Å². The number of rotatable bonds is 9. The van der Waals surface area contributed by atoms with Gasteiger partial charge >= 0.3 is 0 Å². The maximum atomic E-state index is 12.2. The molecule has 0 radical (unpaired) electrons. The molecule has 0 aliphatic carbocycles. The van der Waals surface area contributed by atoms with Crippen LogP contribution in [0.15, 0.2) is 54.6 Å². The van der Waals surface area contributed by atoms with Crippen LogP contribution in [0, 0.1) is 0 Å². The molecule has 0 fully saturated rings. The van der Waals surface area contributed by atoms with Crippen molar-refractivity contribution >= 4 is 33.4 Å². The van der Waals surface area contributed by atoms with Gasteiger partial charge in [-0.2, -0.15) is 11.8 Å². The molecule has 0 saturated carbocycles. The molecule has 26 heavy (non-hydrogen) atoms. The summed E-state index contributed by atoms with van der Waals surface area (Å²) in [5, 5.41) is 2.88. The fourth-order valence-corrected chi connectivity index (χ4v) is 3.93. The Hall–Kier alpha value is -1.99. The Morgan fingerprint density at radius 3 is 2.35 bits per heavy atom. The summed E-state index contributed by atoms with van der Waals surface area (Å²) in [6, 6.07) is 16.8. The molecule has 0 saturated heterocycles. The molecular weight excluding hydrogens is 368 g/mol. The van der Waals surface area contributed by atoms with Gasteiger partial charge in [0.05, 0.1) is 11.4 Å². The van der Waals surface area contributed by atoms with Crippen molar-refractivity contribution in [2.24, 2.45) is 0 Å². The minimum absolute atomic E-state index is 0.0341. The zero-order valence-electron chi connectivity index (χ0n) is 15.0. The summed E-state index contributed by atoms with van der Waals surface area (Å²) in [5.74, 6) is 1.63. The molecule has 1 N–H and O–H groups in total. The van der Waals surface area contributed by atoms with E-state index in [0.717, 1.165) is 11.5 Å². The van der Waals surface area contributed by atoms with E-state index in [9.17, 15) is 13.2 Å². The van der Waals surface area contributed by atoms with Crippen molar-refractivity contribution in [1.29, 1.82) is 0 Å². The molecule has 0 bridgehead atoms. The first-order valence-corrected chi connectivity index (χ1v) is 11.2. The highest BCUT2D eigenvalue weighted by Gasteiger charge is 2.16. The average Bonchev–Trinajstić information content (AvgIpc) is 2.68. The molecule has 140 valence electrons. The summed E-state index contributed by atoms with van der Waals surface area (Å²) in [4.78, 5) is 12.2. The highest BCUT2D eigenvalue weighted by molar-refractivity contribution is 7.98. The van der Waals surface area contributed by atoms with Crippen LogP contribution in [0.2, 0.25) is 0 Å². The van der Waals surface area contributed by atoms with Gasteiger partial charge in [-0.05, 0) is 36.8 Å². The van der Waals surface area contributed by atoms with Gasteiger partial charge in [-0.3, -0.25) is 9.10 Å². The quantitative estimate of drug-likeness (QED) is 0.666. The van der Waals surface area contributed by atoms with Crippen molar-refractivity contribution in [2.45, 2.75) is 12.7 Å². The van der Waals surface area contributed by atoms with Gasteiger partial charge in [0, 0.05) is 30.7 Å². The summed E-state index contributed by atoms with van der Waals surface area (Å²) in [6.45, 7) is 2.19. The Balaban J connectivity index is 1.79. The summed E-state index contributed by atoms with van der Waals surface area (Å²) in [5.41, 5.74) is 2.33. The topological polar surface area (TPSA) is 66.5 Å². The summed E-state index contributed by atoms with van der Waals surface area (Å²) >= 11 is 1.77. The molecule has 0 heterocycles. The van der Waals surface area contributed by atoms with Crippen molar-refractivity contribution in [2.75, 3.05) is 29.4 Å². The minimum Gasteiger partial charge on any atom is -0.351 e. The minimum atomic E-state index is -3.30. The fraction of sp³-hybridized carbons (Fsp3) is 0.316. The molecule has 0 aromatic heterocycles. The first kappa shape index (κ1) is 20.3. The van der Waals surface area contributed by atoms with E-state index in [1.807, 2.05) is 18.2 Å². The Kier molecular flexibility index (Phi) is 7.53. The number of benzene rings is 2. The van der Waals surface area contributed by atoms with Crippen LogP contribution < -0.4 is 9.62 Å². The predicted molar refractivity (Wildman–Crippen MR) is 109 cm³/mol. The van der Waals surface area contributed by atoms with Crippen LogP contribution >= 0.6 is 11.8 Å². The third kappa shape index (κ3) is 5.78. The van der Waals surface area contributed by atoms with E-state index in [4.69, 9.17) is 0 Å². The lowest BCUT2D eigenvalue weighted by Crippen LogP contribution is -2.28. The second-order valence-corrected chi connectivity index (χ2v) is 9.10. The lowest BCUT2D eigenvalue weighted by Gasteiger charge is -2.18. The number of hydrogen-bond donors (Lipinski definition) is 1. The maximum Gasteiger partial charge on any atom is 0.251 e. The molecule has 7 heteroatoms. The van der Waals surface area contributed by atoms with E-state index >= 15 is 0 Å². The van der Waals surface area contributed by atoms with Crippen molar-refractivity contribution in [3.05, 3.63) is 65.7 Å². The van der Waals surface area contributed by atoms with Gasteiger partial charge in [0.25, 0.3) is 5.91 Å². The van der Waals surface area contributed by atoms with Gasteiger partial charge in [0.2, 0.25) is 10.0 Å². The van der Waals surface area contributed by atoms with E-state index in [0.29, 0.717) is 17.8 Å². The fourth-order valence-electron chi connectivity index (χ4n) is 2.28. The monoisotopic (exact) mass is 392 g/mol. The van der Waals surface area contributed by atoms with Crippen LogP contribution in [0.25, 0.3) is 0 Å². The lowest BCUT2D eigenvalue weighted by atomic mass is 10.2. The third-order valence-electron chi connectivity index (χ3n) is 3.92. The predicted octanol–water partition coefficient (Wildman–Crippen LogP) is 3.14. The van der Waals surface area contributed by atoms with Gasteiger partial charge < -0.3 is 5.32 Å². The number of anilines is 1. The number of nitrogens with one attached hydrogen (secondary N) is 1. The van der Waals surface area contributed by atoms with Crippen molar-refractivity contribution in [1.82, 2.24) is 5.32 Å². The Bertz CT molecular complexity index is 806. The summed E-state index contributed by atoms with van der Waals surface area (Å²) in [7, 11) is -1.79. The SMILES string of the molecule is CCS(=O)(=O)N(C)c1ccc(C(=O)NCCSCc2ccccc2)cc1. The van der Waals surface area contributed by atoms with Gasteiger partial charge in [-0.15, -0.1) is 0 Å². The second-order valence-electron chi connectivity index (χ2n) is 5.71. The number of amides is 1. The third-order valence-corrected chi connectivity index (χ3v) is 6.72. The number of nitrogens with zero attached hydrogens (tertiary/aromatic N) is 1. The Labute approximate surface area is 159 Å². The molecule has 2 aromatic carbocycles. The van der Waals surface area contributed by atoms with Crippen molar-refractivity contribution in [3.63, 3.8) is 0 Å². The maximum absolute atomic E-state index is 12.2. The number of carbonyl (C=O) groups excluding carboxylic acids is 1. The van der Waals surface area contributed by atoms with E-state index in [-0.39, 0.29) is 11.7 Å². The first-order valence-electron chi connectivity index (χ1n) is 8.40. The summed E-state index contributed by atoms with van der Waals surface area (Å²) < 4.78 is 25.0. The highest BCUT2D eigenvalue weighted by atomic mass is 32.2. The van der Waals surface area contributed by atoms with Crippen molar-refractivity contribution < 1.29 is 13.2 Å². The molecule has 0 aliphatic heterocycles. The standard InChI is InChI=1S/C19H24N2O3S2/c1-3-26(23,24)21(2)18-11-9-17(10-12-18)19(22)20-13-14-25-15-16-7-5-4-6-8-16/h4-12H,3,13-15H2,1-2H3,(H,20,22). The Morgan fingerprint density at radius 1 is 1.08 bits per heavy atom. The van der Waals surface area contributed by atoms with Crippen LogP contribution in [0.1, 0.15) is 22.8 Å². The molecule has 5 nitrogen and oxygen atoms in total. The Morgan fingerprint density at radius 2 is 1.73 bits per heavy atom. The summed E-state index contributed by atoms with van der Waals surface area (Å²) in [6.07, 6.45) is 0. The van der Waals surface area contributed by atoms with E-state index < -0.39 is 10.0 Å². The first-order chi connectivity index (χ1) is 12.4. The molecule has 0 atom stereocenters. The average molecular weight is 393 g/mol. The highest BCUT2D eigenvalue weighted by Crippen LogP contribution is 2.17. The van der Waals surface area contributed by atoms with Crippen LogP contribution in [0.4, 0.5) is 5.69 Å². The molecule has 0 aliphatic rings. The van der Waals surface area contributed by atoms with E-state index in [1.165, 1.54) is 16.9 Å². The van der Waals surface area contributed by atoms with Crippen LogP contribution in [-0.2, 0) is 15.8 Å². The number of carbonyl (C=O) groups is 1. The van der Waals surface area contributed by atoms with Gasteiger partial charge in [-0.25, -0.2) is 8.42 Å². The van der Waals surface area contributed by atoms with E-state index in [2.05, 4.69) is 17.4 Å². The van der Waals surface area contributed by atoms with Gasteiger partial charge in [-0.1, -0.05) is 30.3 Å². The molecule has 0 spiro atoms. The van der Waals surface area contributed by atoms with Crippen LogP contribution in [0.5, 0.6) is 0 Å².